The zero-order chi connectivity index (χ0) is 24.6. The zero-order valence-electron chi connectivity index (χ0n) is 18.9. The first kappa shape index (κ1) is 23.9. The van der Waals surface area contributed by atoms with Gasteiger partial charge < -0.3 is 25.3 Å². The van der Waals surface area contributed by atoms with E-state index in [2.05, 4.69) is 15.6 Å². The Balaban J connectivity index is 1.54. The second kappa shape index (κ2) is 9.19. The summed E-state index contributed by atoms with van der Waals surface area (Å²) in [5, 5.41) is 6.05. The average molecular weight is 480 g/mol. The van der Waals surface area contributed by atoms with Gasteiger partial charge in [0.1, 0.15) is 17.5 Å². The summed E-state index contributed by atoms with van der Waals surface area (Å²) >= 11 is 0. The van der Waals surface area contributed by atoms with Crippen LogP contribution in [-0.2, 0) is 9.59 Å². The number of alkyl halides is 3. The highest BCUT2D eigenvalue weighted by Crippen LogP contribution is 2.38. The van der Waals surface area contributed by atoms with Crippen molar-refractivity contribution in [2.45, 2.75) is 44.4 Å². The number of nitrogens with zero attached hydrogens (tertiary/aromatic N) is 1. The summed E-state index contributed by atoms with van der Waals surface area (Å²) < 4.78 is 45.9. The Morgan fingerprint density at radius 1 is 1.32 bits per heavy atom. The molecule has 2 fully saturated rings. The molecule has 4 atom stereocenters. The van der Waals surface area contributed by atoms with Crippen LogP contribution in [0.25, 0.3) is 10.9 Å². The monoisotopic (exact) mass is 480 g/mol. The first-order chi connectivity index (χ1) is 16.1. The Labute approximate surface area is 194 Å². The molecule has 3 amide bonds. The summed E-state index contributed by atoms with van der Waals surface area (Å²) in [6, 6.07) is 4.98. The van der Waals surface area contributed by atoms with E-state index in [0.717, 1.165) is 4.90 Å². The number of hydrogen-bond donors (Lipinski definition) is 3. The molecule has 34 heavy (non-hydrogen) atoms. The molecule has 0 radical (unpaired) electrons. The van der Waals surface area contributed by atoms with Crippen molar-refractivity contribution in [1.82, 2.24) is 20.5 Å². The van der Waals surface area contributed by atoms with Crippen molar-refractivity contribution >= 4 is 28.6 Å². The number of likely N-dealkylation sites (tertiary alicyclic amines) is 1. The third kappa shape index (κ3) is 4.69. The van der Waals surface area contributed by atoms with Gasteiger partial charge in [0.2, 0.25) is 11.8 Å². The van der Waals surface area contributed by atoms with E-state index in [4.69, 9.17) is 4.74 Å². The van der Waals surface area contributed by atoms with Crippen LogP contribution in [0, 0.1) is 11.8 Å². The number of amides is 3. The van der Waals surface area contributed by atoms with Crippen LogP contribution in [0.5, 0.6) is 5.75 Å². The van der Waals surface area contributed by atoms with Crippen molar-refractivity contribution in [2.75, 3.05) is 20.2 Å². The lowest BCUT2D eigenvalue weighted by molar-refractivity contribution is -0.170. The number of hydrogen-bond acceptors (Lipinski definition) is 4. The van der Waals surface area contributed by atoms with Crippen molar-refractivity contribution < 1.29 is 32.3 Å². The number of rotatable bonds is 6. The van der Waals surface area contributed by atoms with Gasteiger partial charge in [-0.2, -0.15) is 13.2 Å². The van der Waals surface area contributed by atoms with Crippen LogP contribution in [0.1, 0.15) is 36.7 Å². The third-order valence-corrected chi connectivity index (χ3v) is 6.59. The zero-order valence-corrected chi connectivity index (χ0v) is 18.9. The van der Waals surface area contributed by atoms with Crippen LogP contribution in [0.4, 0.5) is 13.2 Å². The molecule has 1 aromatic heterocycles. The second-order valence-electron chi connectivity index (χ2n) is 8.97. The molecule has 1 unspecified atom stereocenters. The van der Waals surface area contributed by atoms with Crippen molar-refractivity contribution in [2.24, 2.45) is 11.8 Å². The lowest BCUT2D eigenvalue weighted by Crippen LogP contribution is -2.48. The minimum absolute atomic E-state index is 0.0794. The molecule has 184 valence electrons. The standard InChI is InChI=1S/C23H27F3N4O4/c1-12(8-13-6-7-27-20(13)31)28-21(32)18-9-14(23(24,25)26)11-30(18)22(33)17-10-15-16(29-17)4-3-5-19(15)34-2/h3-5,10,12-14,18,29H,6-9,11H2,1-2H3,(H,27,31)(H,28,32)/t12-,13+,14-,18?/m1/s1. The van der Waals surface area contributed by atoms with Gasteiger partial charge in [0.15, 0.2) is 0 Å². The summed E-state index contributed by atoms with van der Waals surface area (Å²) in [5.41, 5.74) is 0.675. The van der Waals surface area contributed by atoms with Gasteiger partial charge in [-0.15, -0.1) is 0 Å². The first-order valence-electron chi connectivity index (χ1n) is 11.2. The number of halogens is 3. The molecule has 2 aliphatic heterocycles. The maximum absolute atomic E-state index is 13.5. The number of aromatic amines is 1. The molecule has 3 N–H and O–H groups in total. The highest BCUT2D eigenvalue weighted by Gasteiger charge is 2.51. The Bertz CT molecular complexity index is 1100. The topological polar surface area (TPSA) is 104 Å². The lowest BCUT2D eigenvalue weighted by Gasteiger charge is -2.25. The molecule has 1 aromatic carbocycles. The molecular formula is C23H27F3N4O4. The molecule has 2 saturated heterocycles. The number of benzene rings is 1. The normalized spacial score (nSPS) is 23.7. The summed E-state index contributed by atoms with van der Waals surface area (Å²) in [6.45, 7) is 1.67. The number of nitrogens with one attached hydrogen (secondary N) is 3. The van der Waals surface area contributed by atoms with E-state index in [0.29, 0.717) is 36.0 Å². The van der Waals surface area contributed by atoms with Crippen LogP contribution >= 0.6 is 0 Å². The van der Waals surface area contributed by atoms with Gasteiger partial charge in [-0.25, -0.2) is 0 Å². The maximum atomic E-state index is 13.5. The molecule has 4 rings (SSSR count). The number of methoxy groups -OCH3 is 1. The Morgan fingerprint density at radius 3 is 2.74 bits per heavy atom. The number of fused-ring (bicyclic) bond motifs is 1. The van der Waals surface area contributed by atoms with E-state index in [1.54, 1.807) is 25.1 Å². The fourth-order valence-corrected chi connectivity index (χ4v) is 4.82. The minimum atomic E-state index is -4.54. The summed E-state index contributed by atoms with van der Waals surface area (Å²) in [5.74, 6) is -2.97. The lowest BCUT2D eigenvalue weighted by atomic mass is 9.98. The largest absolute Gasteiger partial charge is 0.496 e. The molecule has 8 nitrogen and oxygen atoms in total. The SMILES string of the molecule is COc1cccc2[nH]c(C(=O)N3C[C@H](C(F)(F)F)CC3C(=O)N[C@H](C)C[C@@H]3CCNC3=O)cc12. The van der Waals surface area contributed by atoms with Gasteiger partial charge in [-0.1, -0.05) is 6.07 Å². The predicted molar refractivity (Wildman–Crippen MR) is 117 cm³/mol. The Morgan fingerprint density at radius 2 is 2.09 bits per heavy atom. The molecule has 0 bridgehead atoms. The van der Waals surface area contributed by atoms with E-state index >= 15 is 0 Å². The van der Waals surface area contributed by atoms with Gasteiger partial charge in [-0.3, -0.25) is 14.4 Å². The number of H-pyrrole nitrogens is 1. The second-order valence-corrected chi connectivity index (χ2v) is 8.97. The van der Waals surface area contributed by atoms with Crippen molar-refractivity contribution in [3.8, 4) is 5.75 Å². The molecule has 2 aliphatic rings. The summed E-state index contributed by atoms with van der Waals surface area (Å²) in [7, 11) is 1.48. The summed E-state index contributed by atoms with van der Waals surface area (Å²) in [4.78, 5) is 42.0. The molecule has 0 aliphatic carbocycles. The maximum Gasteiger partial charge on any atom is 0.393 e. The van der Waals surface area contributed by atoms with Crippen LogP contribution < -0.4 is 15.4 Å². The Kier molecular flexibility index (Phi) is 6.46. The van der Waals surface area contributed by atoms with Crippen molar-refractivity contribution in [1.29, 1.82) is 0 Å². The molecule has 0 spiro atoms. The number of carbonyl (C=O) groups excluding carboxylic acids is 3. The van der Waals surface area contributed by atoms with E-state index in [1.807, 2.05) is 0 Å². The van der Waals surface area contributed by atoms with Crippen LogP contribution in [0.2, 0.25) is 0 Å². The van der Waals surface area contributed by atoms with Gasteiger partial charge in [0, 0.05) is 36.0 Å². The Hall–Kier alpha value is -3.24. The van der Waals surface area contributed by atoms with E-state index < -0.39 is 49.0 Å². The highest BCUT2D eigenvalue weighted by atomic mass is 19.4. The van der Waals surface area contributed by atoms with Crippen molar-refractivity contribution in [3.05, 3.63) is 30.0 Å². The molecule has 0 saturated carbocycles. The smallest absolute Gasteiger partial charge is 0.393 e. The van der Waals surface area contributed by atoms with Gasteiger partial charge >= 0.3 is 6.18 Å². The average Bonchev–Trinajstić information content (AvgIpc) is 3.50. The fourth-order valence-electron chi connectivity index (χ4n) is 4.82. The summed E-state index contributed by atoms with van der Waals surface area (Å²) in [6.07, 6.45) is -4.03. The molecular weight excluding hydrogens is 453 g/mol. The molecule has 11 heteroatoms. The highest BCUT2D eigenvalue weighted by molar-refractivity contribution is 6.01. The van der Waals surface area contributed by atoms with E-state index in [9.17, 15) is 27.6 Å². The van der Waals surface area contributed by atoms with Crippen LogP contribution in [0.15, 0.2) is 24.3 Å². The molecule has 2 aromatic rings. The number of carbonyl (C=O) groups is 3. The van der Waals surface area contributed by atoms with Crippen LogP contribution in [0.3, 0.4) is 0 Å². The van der Waals surface area contributed by atoms with Crippen molar-refractivity contribution in [3.63, 3.8) is 0 Å². The van der Waals surface area contributed by atoms with Gasteiger partial charge in [0.05, 0.1) is 13.0 Å². The quantitative estimate of drug-likeness (QED) is 0.591. The first-order valence-corrected chi connectivity index (χ1v) is 11.2. The third-order valence-electron chi connectivity index (χ3n) is 6.59. The minimum Gasteiger partial charge on any atom is -0.496 e. The van der Waals surface area contributed by atoms with E-state index in [1.165, 1.54) is 13.2 Å². The fraction of sp³-hybridized carbons (Fsp3) is 0.522. The molecule has 3 heterocycles. The number of aromatic nitrogens is 1. The van der Waals surface area contributed by atoms with Gasteiger partial charge in [-0.05, 0) is 44.4 Å². The van der Waals surface area contributed by atoms with E-state index in [-0.39, 0.29) is 17.5 Å². The van der Waals surface area contributed by atoms with Crippen LogP contribution in [-0.4, -0.2) is 66.1 Å². The number of ether oxygens (including phenoxy) is 1. The predicted octanol–water partition coefficient (Wildman–Crippen LogP) is 2.60. The van der Waals surface area contributed by atoms with Gasteiger partial charge in [0.25, 0.3) is 5.91 Å².